The maximum absolute atomic E-state index is 11.8. The number of aliphatic hydroxyl groups excluding tert-OH is 1. The topological polar surface area (TPSA) is 49.8 Å². The van der Waals surface area contributed by atoms with Gasteiger partial charge in [-0.2, -0.15) is 0 Å². The lowest BCUT2D eigenvalue weighted by Crippen LogP contribution is -2.41. The lowest BCUT2D eigenvalue weighted by molar-refractivity contribution is 0.0199. The number of piperidine rings is 1. The van der Waals surface area contributed by atoms with Gasteiger partial charge in [-0.1, -0.05) is 25.7 Å². The fourth-order valence-electron chi connectivity index (χ4n) is 1.72. The minimum atomic E-state index is -0.440. The number of carbonyl (C=O) groups excluding carboxylic acids is 1. The molecule has 1 aliphatic rings. The van der Waals surface area contributed by atoms with Gasteiger partial charge in [-0.15, -0.1) is 0 Å². The number of aliphatic hydroxyl groups is 1. The van der Waals surface area contributed by atoms with Gasteiger partial charge in [-0.05, 0) is 33.6 Å². The predicted octanol–water partition coefficient (Wildman–Crippen LogP) is 2.66. The van der Waals surface area contributed by atoms with Gasteiger partial charge < -0.3 is 14.7 Å². The third-order valence-electron chi connectivity index (χ3n) is 2.53. The van der Waals surface area contributed by atoms with E-state index >= 15 is 0 Å². The van der Waals surface area contributed by atoms with Crippen molar-refractivity contribution in [2.45, 2.75) is 53.1 Å². The molecule has 0 spiro atoms. The number of hydrogen-bond donors (Lipinski definition) is 1. The second kappa shape index (κ2) is 8.82. The summed E-state index contributed by atoms with van der Waals surface area (Å²) in [5.41, 5.74) is -0.440. The Labute approximate surface area is 117 Å². The zero-order valence-electron chi connectivity index (χ0n) is 12.8. The third-order valence-corrected chi connectivity index (χ3v) is 2.53. The van der Waals surface area contributed by atoms with Gasteiger partial charge in [0.2, 0.25) is 0 Å². The van der Waals surface area contributed by atoms with E-state index in [1.807, 2.05) is 34.6 Å². The average Bonchev–Trinajstić information content (AvgIpc) is 2.37. The molecule has 1 amide bonds. The summed E-state index contributed by atoms with van der Waals surface area (Å²) in [7, 11) is 0. The van der Waals surface area contributed by atoms with Crippen LogP contribution in [0.25, 0.3) is 0 Å². The molecule has 0 aromatic heterocycles. The van der Waals surface area contributed by atoms with E-state index in [2.05, 4.69) is 11.8 Å². The summed E-state index contributed by atoms with van der Waals surface area (Å²) in [4.78, 5) is 13.5. The third kappa shape index (κ3) is 7.74. The van der Waals surface area contributed by atoms with Crippen molar-refractivity contribution in [2.75, 3.05) is 19.7 Å². The Balaban J connectivity index is 0.00000154. The van der Waals surface area contributed by atoms with Crippen molar-refractivity contribution in [1.29, 1.82) is 0 Å². The van der Waals surface area contributed by atoms with E-state index in [0.29, 0.717) is 19.0 Å². The number of amides is 1. The zero-order chi connectivity index (χ0) is 14.9. The molecule has 0 radical (unpaired) electrons. The molecule has 1 rings (SSSR count). The van der Waals surface area contributed by atoms with Crippen LogP contribution in [0.15, 0.2) is 0 Å². The fourth-order valence-corrected chi connectivity index (χ4v) is 1.72. The fraction of sp³-hybridized carbons (Fsp3) is 0.800. The number of likely N-dealkylation sites (tertiary alicyclic amines) is 1. The van der Waals surface area contributed by atoms with Crippen LogP contribution in [0.1, 0.15) is 47.5 Å². The van der Waals surface area contributed by atoms with Gasteiger partial charge in [0, 0.05) is 19.0 Å². The van der Waals surface area contributed by atoms with Gasteiger partial charge >= 0.3 is 6.09 Å². The molecule has 1 aliphatic heterocycles. The summed E-state index contributed by atoms with van der Waals surface area (Å²) in [5, 5.41) is 8.61. The molecule has 0 saturated carbocycles. The molecule has 1 fully saturated rings. The van der Waals surface area contributed by atoms with Crippen molar-refractivity contribution in [2.24, 2.45) is 5.92 Å². The molecule has 0 unspecified atom stereocenters. The van der Waals surface area contributed by atoms with Gasteiger partial charge in [0.05, 0.1) is 0 Å². The highest BCUT2D eigenvalue weighted by Crippen LogP contribution is 2.18. The Bertz CT molecular complexity index is 315. The molecule has 1 heterocycles. The molecule has 1 saturated heterocycles. The molecule has 0 aromatic rings. The van der Waals surface area contributed by atoms with Crippen molar-refractivity contribution in [1.82, 2.24) is 4.90 Å². The van der Waals surface area contributed by atoms with Gasteiger partial charge in [0.25, 0.3) is 0 Å². The maximum Gasteiger partial charge on any atom is 0.410 e. The van der Waals surface area contributed by atoms with Crippen molar-refractivity contribution in [3.05, 3.63) is 0 Å². The molecule has 4 nitrogen and oxygen atoms in total. The van der Waals surface area contributed by atoms with Gasteiger partial charge in [-0.3, -0.25) is 0 Å². The largest absolute Gasteiger partial charge is 0.444 e. The first-order valence-corrected chi connectivity index (χ1v) is 6.99. The molecule has 0 bridgehead atoms. The molecular weight excluding hydrogens is 242 g/mol. The first kappa shape index (κ1) is 17.8. The maximum atomic E-state index is 11.8. The zero-order valence-corrected chi connectivity index (χ0v) is 12.8. The van der Waals surface area contributed by atoms with Crippen LogP contribution in [0.5, 0.6) is 0 Å². The Morgan fingerprint density at radius 1 is 1.32 bits per heavy atom. The summed E-state index contributed by atoms with van der Waals surface area (Å²) in [6.07, 6.45) is 1.46. The number of rotatable bonds is 0. The Kier molecular flexibility index (Phi) is 8.26. The molecule has 1 N–H and O–H groups in total. The van der Waals surface area contributed by atoms with Crippen LogP contribution in [-0.4, -0.2) is 41.4 Å². The normalized spacial score (nSPS) is 15.8. The monoisotopic (exact) mass is 269 g/mol. The smallest absolute Gasteiger partial charge is 0.410 e. The van der Waals surface area contributed by atoms with E-state index < -0.39 is 5.60 Å². The number of nitrogens with zero attached hydrogens (tertiary/aromatic N) is 1. The second-order valence-corrected chi connectivity index (χ2v) is 5.22. The predicted molar refractivity (Wildman–Crippen MR) is 76.7 cm³/mol. The van der Waals surface area contributed by atoms with Crippen molar-refractivity contribution in [3.63, 3.8) is 0 Å². The summed E-state index contributed by atoms with van der Waals surface area (Å²) in [6, 6.07) is 0. The van der Waals surface area contributed by atoms with E-state index in [-0.39, 0.29) is 12.7 Å². The standard InChI is InChI=1S/C13H21NO3.C2H6/c1-13(2,3)17-12(16)14-8-6-11(7-9-14)5-4-10-15;1-2/h11,15H,6-10H2,1-3H3;1-2H3. The Morgan fingerprint density at radius 3 is 2.26 bits per heavy atom. The molecular formula is C15H27NO3. The molecule has 0 aromatic carbocycles. The first-order valence-electron chi connectivity index (χ1n) is 6.99. The summed E-state index contributed by atoms with van der Waals surface area (Å²) in [5.74, 6) is 5.96. The van der Waals surface area contributed by atoms with Crippen LogP contribution < -0.4 is 0 Å². The molecule has 19 heavy (non-hydrogen) atoms. The highest BCUT2D eigenvalue weighted by Gasteiger charge is 2.25. The van der Waals surface area contributed by atoms with E-state index in [9.17, 15) is 4.79 Å². The minimum Gasteiger partial charge on any atom is -0.444 e. The van der Waals surface area contributed by atoms with Crippen molar-refractivity contribution < 1.29 is 14.6 Å². The van der Waals surface area contributed by atoms with E-state index in [4.69, 9.17) is 9.84 Å². The first-order chi connectivity index (χ1) is 8.92. The summed E-state index contributed by atoms with van der Waals surface area (Å²) < 4.78 is 5.30. The molecule has 0 aliphatic carbocycles. The molecule has 4 heteroatoms. The van der Waals surface area contributed by atoms with Crippen LogP contribution in [0, 0.1) is 17.8 Å². The van der Waals surface area contributed by atoms with Gasteiger partial charge in [0.15, 0.2) is 0 Å². The molecule has 0 atom stereocenters. The average molecular weight is 269 g/mol. The van der Waals surface area contributed by atoms with Crippen LogP contribution in [0.2, 0.25) is 0 Å². The van der Waals surface area contributed by atoms with E-state index in [1.54, 1.807) is 4.90 Å². The lowest BCUT2D eigenvalue weighted by atomic mass is 9.98. The Morgan fingerprint density at radius 2 is 1.84 bits per heavy atom. The highest BCUT2D eigenvalue weighted by atomic mass is 16.6. The van der Waals surface area contributed by atoms with Crippen molar-refractivity contribution in [3.8, 4) is 11.8 Å². The summed E-state index contributed by atoms with van der Waals surface area (Å²) >= 11 is 0. The number of hydrogen-bond acceptors (Lipinski definition) is 3. The quantitative estimate of drug-likeness (QED) is 0.688. The van der Waals surface area contributed by atoms with E-state index in [1.165, 1.54) is 0 Å². The van der Waals surface area contributed by atoms with Crippen LogP contribution in [-0.2, 0) is 4.74 Å². The minimum absolute atomic E-state index is 0.0910. The summed E-state index contributed by atoms with van der Waals surface area (Å²) in [6.45, 7) is 10.9. The SMILES string of the molecule is CC.CC(C)(C)OC(=O)N1CCC(C#CCO)CC1. The number of ether oxygens (including phenoxy) is 1. The van der Waals surface area contributed by atoms with Gasteiger partial charge in [0.1, 0.15) is 12.2 Å². The molecule has 110 valence electrons. The highest BCUT2D eigenvalue weighted by molar-refractivity contribution is 5.68. The van der Waals surface area contributed by atoms with Gasteiger partial charge in [-0.25, -0.2) is 4.79 Å². The second-order valence-electron chi connectivity index (χ2n) is 5.22. The van der Waals surface area contributed by atoms with Crippen LogP contribution >= 0.6 is 0 Å². The van der Waals surface area contributed by atoms with E-state index in [0.717, 1.165) is 12.8 Å². The van der Waals surface area contributed by atoms with Crippen LogP contribution in [0.4, 0.5) is 4.79 Å². The van der Waals surface area contributed by atoms with Crippen molar-refractivity contribution >= 4 is 6.09 Å². The Hall–Kier alpha value is -1.21. The lowest BCUT2D eigenvalue weighted by Gasteiger charge is -2.31. The number of carbonyl (C=O) groups is 1. The van der Waals surface area contributed by atoms with Crippen LogP contribution in [0.3, 0.4) is 0 Å².